The Labute approximate surface area is 125 Å². The molecule has 0 saturated heterocycles. The number of carbonyl (C=O) groups is 1. The van der Waals surface area contributed by atoms with E-state index in [1.54, 1.807) is 12.1 Å². The number of carbonyl (C=O) groups excluding carboxylic acids is 1. The lowest BCUT2D eigenvalue weighted by atomic mass is 10.1. The van der Waals surface area contributed by atoms with Crippen LogP contribution < -0.4 is 16.8 Å². The molecule has 5 heteroatoms. The zero-order chi connectivity index (χ0) is 15.0. The molecule has 0 aliphatic rings. The molecule has 1 aromatic carbocycles. The third kappa shape index (κ3) is 5.29. The second-order valence-electron chi connectivity index (χ2n) is 4.98. The van der Waals surface area contributed by atoms with Gasteiger partial charge in [-0.15, -0.1) is 0 Å². The topological polar surface area (TPSA) is 81.1 Å². The van der Waals surface area contributed by atoms with Crippen molar-refractivity contribution in [1.82, 2.24) is 0 Å². The number of primary amides is 1. The molecule has 0 atom stereocenters. The average molecular weight is 298 g/mol. The van der Waals surface area contributed by atoms with E-state index in [4.69, 9.17) is 23.1 Å². The zero-order valence-electron chi connectivity index (χ0n) is 12.0. The molecule has 0 radical (unpaired) electrons. The Kier molecular flexibility index (Phi) is 7.23. The summed E-state index contributed by atoms with van der Waals surface area (Å²) in [7, 11) is 0. The molecule has 0 heterocycles. The third-order valence-corrected chi connectivity index (χ3v) is 3.51. The maximum Gasteiger partial charge on any atom is 0.250 e. The van der Waals surface area contributed by atoms with Gasteiger partial charge in [0.1, 0.15) is 0 Å². The average Bonchev–Trinajstić information content (AvgIpc) is 2.39. The van der Waals surface area contributed by atoms with E-state index in [1.807, 2.05) is 0 Å². The summed E-state index contributed by atoms with van der Waals surface area (Å²) in [6.07, 6.45) is 7.29. The van der Waals surface area contributed by atoms with E-state index < -0.39 is 5.91 Å². The second kappa shape index (κ2) is 8.69. The Balaban J connectivity index is 2.49. The van der Waals surface area contributed by atoms with Gasteiger partial charge in [-0.1, -0.05) is 50.6 Å². The Morgan fingerprint density at radius 2 is 1.85 bits per heavy atom. The molecule has 1 rings (SSSR count). The van der Waals surface area contributed by atoms with Crippen molar-refractivity contribution in [2.24, 2.45) is 5.73 Å². The first-order valence-corrected chi connectivity index (χ1v) is 7.56. The lowest BCUT2D eigenvalue weighted by molar-refractivity contribution is 0.100. The zero-order valence-corrected chi connectivity index (χ0v) is 12.8. The molecule has 0 bridgehead atoms. The highest BCUT2D eigenvalue weighted by molar-refractivity contribution is 6.34. The van der Waals surface area contributed by atoms with Gasteiger partial charge < -0.3 is 16.8 Å². The largest absolute Gasteiger partial charge is 0.399 e. The molecule has 0 spiro atoms. The minimum absolute atomic E-state index is 0.348. The van der Waals surface area contributed by atoms with Crippen LogP contribution in [0.15, 0.2) is 12.1 Å². The molecule has 1 amide bonds. The van der Waals surface area contributed by atoms with Crippen molar-refractivity contribution in [1.29, 1.82) is 0 Å². The number of hydrogen-bond acceptors (Lipinski definition) is 3. The standard InChI is InChI=1S/C15H24ClN3O/c1-2-3-4-5-6-7-8-19-14-12(15(18)20)9-11(17)10-13(14)16/h9-10,19H,2-8,17H2,1H3,(H2,18,20). The molecule has 112 valence electrons. The van der Waals surface area contributed by atoms with Gasteiger partial charge in [0.05, 0.1) is 16.3 Å². The lowest BCUT2D eigenvalue weighted by Crippen LogP contribution is -2.16. The van der Waals surface area contributed by atoms with Crippen molar-refractivity contribution in [2.45, 2.75) is 45.4 Å². The maximum absolute atomic E-state index is 11.4. The van der Waals surface area contributed by atoms with Crippen LogP contribution in [0.25, 0.3) is 0 Å². The number of nitrogens with one attached hydrogen (secondary N) is 1. The normalized spacial score (nSPS) is 10.5. The van der Waals surface area contributed by atoms with Gasteiger partial charge in [0, 0.05) is 12.2 Å². The fraction of sp³-hybridized carbons (Fsp3) is 0.533. The highest BCUT2D eigenvalue weighted by Gasteiger charge is 2.12. The van der Waals surface area contributed by atoms with Crippen molar-refractivity contribution in [3.63, 3.8) is 0 Å². The summed E-state index contributed by atoms with van der Waals surface area (Å²) in [5, 5.41) is 3.63. The van der Waals surface area contributed by atoms with E-state index >= 15 is 0 Å². The highest BCUT2D eigenvalue weighted by atomic mass is 35.5. The molecule has 0 aromatic heterocycles. The number of nitrogens with two attached hydrogens (primary N) is 2. The second-order valence-corrected chi connectivity index (χ2v) is 5.39. The lowest BCUT2D eigenvalue weighted by Gasteiger charge is -2.13. The predicted molar refractivity (Wildman–Crippen MR) is 86.2 cm³/mol. The number of anilines is 2. The predicted octanol–water partition coefficient (Wildman–Crippen LogP) is 3.79. The molecule has 0 saturated carbocycles. The van der Waals surface area contributed by atoms with Crippen molar-refractivity contribution in [2.75, 3.05) is 17.6 Å². The van der Waals surface area contributed by atoms with Crippen LogP contribution in [0.5, 0.6) is 0 Å². The van der Waals surface area contributed by atoms with Crippen LogP contribution >= 0.6 is 11.6 Å². The third-order valence-electron chi connectivity index (χ3n) is 3.21. The van der Waals surface area contributed by atoms with Crippen LogP contribution in [0, 0.1) is 0 Å². The summed E-state index contributed by atoms with van der Waals surface area (Å²) >= 11 is 6.11. The van der Waals surface area contributed by atoms with Crippen LogP contribution in [0.1, 0.15) is 55.8 Å². The van der Waals surface area contributed by atoms with Crippen molar-refractivity contribution in [3.8, 4) is 0 Å². The fourth-order valence-corrected chi connectivity index (χ4v) is 2.41. The maximum atomic E-state index is 11.4. The Hall–Kier alpha value is -1.42. The smallest absolute Gasteiger partial charge is 0.250 e. The summed E-state index contributed by atoms with van der Waals surface area (Å²) in [5.74, 6) is -0.523. The summed E-state index contributed by atoms with van der Waals surface area (Å²) in [6.45, 7) is 2.98. The van der Waals surface area contributed by atoms with Gasteiger partial charge in [-0.3, -0.25) is 4.79 Å². The molecular weight excluding hydrogens is 274 g/mol. The molecule has 5 N–H and O–H groups in total. The van der Waals surface area contributed by atoms with E-state index in [9.17, 15) is 4.79 Å². The Morgan fingerprint density at radius 1 is 1.20 bits per heavy atom. The number of rotatable bonds is 9. The number of benzene rings is 1. The Bertz CT molecular complexity index is 449. The van der Waals surface area contributed by atoms with Gasteiger partial charge in [0.15, 0.2) is 0 Å². The van der Waals surface area contributed by atoms with Crippen LogP contribution in [-0.4, -0.2) is 12.5 Å². The van der Waals surface area contributed by atoms with Gasteiger partial charge in [0.25, 0.3) is 5.91 Å². The van der Waals surface area contributed by atoms with E-state index in [1.165, 1.54) is 32.1 Å². The molecule has 1 aromatic rings. The van der Waals surface area contributed by atoms with Crippen molar-refractivity contribution < 1.29 is 4.79 Å². The van der Waals surface area contributed by atoms with Gasteiger partial charge >= 0.3 is 0 Å². The molecule has 20 heavy (non-hydrogen) atoms. The Morgan fingerprint density at radius 3 is 2.50 bits per heavy atom. The molecule has 0 fully saturated rings. The summed E-state index contributed by atoms with van der Waals surface area (Å²) < 4.78 is 0. The number of amides is 1. The van der Waals surface area contributed by atoms with Crippen LogP contribution in [0.3, 0.4) is 0 Å². The number of hydrogen-bond donors (Lipinski definition) is 3. The highest BCUT2D eigenvalue weighted by Crippen LogP contribution is 2.29. The molecule has 0 aliphatic heterocycles. The number of nitrogen functional groups attached to an aromatic ring is 1. The van der Waals surface area contributed by atoms with Crippen molar-refractivity contribution >= 4 is 28.9 Å². The monoisotopic (exact) mass is 297 g/mol. The van der Waals surface area contributed by atoms with Crippen molar-refractivity contribution in [3.05, 3.63) is 22.7 Å². The van der Waals surface area contributed by atoms with Crippen LogP contribution in [0.4, 0.5) is 11.4 Å². The minimum atomic E-state index is -0.523. The fourth-order valence-electron chi connectivity index (χ4n) is 2.12. The SMILES string of the molecule is CCCCCCCCNc1c(Cl)cc(N)cc1C(N)=O. The molecular formula is C15H24ClN3O. The van der Waals surface area contributed by atoms with E-state index in [-0.39, 0.29) is 0 Å². The van der Waals surface area contributed by atoms with Gasteiger partial charge in [-0.2, -0.15) is 0 Å². The summed E-state index contributed by atoms with van der Waals surface area (Å²) in [6, 6.07) is 3.18. The minimum Gasteiger partial charge on any atom is -0.399 e. The van der Waals surface area contributed by atoms with Gasteiger partial charge in [-0.05, 0) is 18.6 Å². The summed E-state index contributed by atoms with van der Waals surface area (Å²) in [5.41, 5.74) is 12.4. The summed E-state index contributed by atoms with van der Waals surface area (Å²) in [4.78, 5) is 11.4. The first-order chi connectivity index (χ1) is 9.56. The van der Waals surface area contributed by atoms with Crippen LogP contribution in [-0.2, 0) is 0 Å². The number of unbranched alkanes of at least 4 members (excludes halogenated alkanes) is 5. The molecule has 0 unspecified atom stereocenters. The molecule has 4 nitrogen and oxygen atoms in total. The van der Waals surface area contributed by atoms with E-state index in [2.05, 4.69) is 12.2 Å². The van der Waals surface area contributed by atoms with E-state index in [0.29, 0.717) is 22.0 Å². The first-order valence-electron chi connectivity index (χ1n) is 7.19. The van der Waals surface area contributed by atoms with Crippen LogP contribution in [0.2, 0.25) is 5.02 Å². The molecule has 0 aliphatic carbocycles. The van der Waals surface area contributed by atoms with Gasteiger partial charge in [0.2, 0.25) is 0 Å². The first kappa shape index (κ1) is 16.6. The van der Waals surface area contributed by atoms with E-state index in [0.717, 1.165) is 13.0 Å². The van der Waals surface area contributed by atoms with Gasteiger partial charge in [-0.25, -0.2) is 0 Å². The number of halogens is 1. The quantitative estimate of drug-likeness (QED) is 0.479.